The van der Waals surface area contributed by atoms with E-state index in [1.54, 1.807) is 0 Å². The lowest BCUT2D eigenvalue weighted by molar-refractivity contribution is 0.669. The highest BCUT2D eigenvalue weighted by Crippen LogP contribution is 2.54. The van der Waals surface area contributed by atoms with Crippen molar-refractivity contribution in [2.45, 2.75) is 5.92 Å². The van der Waals surface area contributed by atoms with Crippen LogP contribution in [0.25, 0.3) is 103 Å². The summed E-state index contributed by atoms with van der Waals surface area (Å²) in [4.78, 5) is 0. The van der Waals surface area contributed by atoms with E-state index in [0.29, 0.717) is 0 Å². The van der Waals surface area contributed by atoms with Crippen LogP contribution in [0.3, 0.4) is 0 Å². The summed E-state index contributed by atoms with van der Waals surface area (Å²) in [5, 5.41) is 7.44. The van der Waals surface area contributed by atoms with E-state index in [4.69, 9.17) is 4.42 Å². The Balaban J connectivity index is 1.08. The van der Waals surface area contributed by atoms with Crippen LogP contribution in [0.15, 0.2) is 199 Å². The zero-order chi connectivity index (χ0) is 37.9. The Kier molecular flexibility index (Phi) is 6.69. The van der Waals surface area contributed by atoms with Crippen LogP contribution >= 0.6 is 11.3 Å². The maximum atomic E-state index is 6.29. The second-order valence-corrected chi connectivity index (χ2v) is 16.6. The lowest BCUT2D eigenvalue weighted by Crippen LogP contribution is -2.00. The van der Waals surface area contributed by atoms with Gasteiger partial charge in [0.2, 0.25) is 0 Å². The number of nitrogens with zero attached hydrogens (tertiary/aromatic N) is 1. The normalized spacial score (nSPS) is 13.7. The minimum Gasteiger partial charge on any atom is -0.456 e. The Morgan fingerprint density at radius 3 is 2.05 bits per heavy atom. The maximum Gasteiger partial charge on any atom is 0.135 e. The van der Waals surface area contributed by atoms with Gasteiger partial charge in [0.25, 0.3) is 0 Å². The van der Waals surface area contributed by atoms with Crippen molar-refractivity contribution in [2.75, 3.05) is 0 Å². The number of furan rings is 1. The van der Waals surface area contributed by atoms with Crippen molar-refractivity contribution in [3.8, 4) is 39.1 Å². The van der Waals surface area contributed by atoms with Crippen molar-refractivity contribution < 1.29 is 4.42 Å². The predicted octanol–water partition coefficient (Wildman–Crippen LogP) is 15.5. The Morgan fingerprint density at radius 2 is 1.12 bits per heavy atom. The lowest BCUT2D eigenvalue weighted by atomic mass is 9.85. The fourth-order valence-electron chi connectivity index (χ4n) is 10.0. The quantitative estimate of drug-likeness (QED) is 0.175. The number of para-hydroxylation sites is 4. The van der Waals surface area contributed by atoms with Crippen LogP contribution in [-0.2, 0) is 0 Å². The number of benzene rings is 9. The van der Waals surface area contributed by atoms with Crippen LogP contribution in [0.4, 0.5) is 0 Å². The third-order valence-electron chi connectivity index (χ3n) is 12.5. The maximum absolute atomic E-state index is 6.29. The molecule has 0 amide bonds. The molecule has 0 radical (unpaired) electrons. The van der Waals surface area contributed by atoms with E-state index < -0.39 is 0 Å². The van der Waals surface area contributed by atoms with Crippen LogP contribution < -0.4 is 0 Å². The van der Waals surface area contributed by atoms with Crippen LogP contribution in [0.1, 0.15) is 22.6 Å². The number of thiophene rings is 1. The molecule has 58 heavy (non-hydrogen) atoms. The topological polar surface area (TPSA) is 18.1 Å². The largest absolute Gasteiger partial charge is 0.456 e. The summed E-state index contributed by atoms with van der Waals surface area (Å²) in [5.41, 5.74) is 17.1. The molecule has 3 heterocycles. The molecule has 1 aliphatic carbocycles. The second-order valence-electron chi connectivity index (χ2n) is 15.5. The molecule has 0 bridgehead atoms. The molecule has 0 saturated carbocycles. The van der Waals surface area contributed by atoms with E-state index in [2.05, 4.69) is 193 Å². The van der Waals surface area contributed by atoms with Crippen LogP contribution in [0, 0.1) is 0 Å². The van der Waals surface area contributed by atoms with Gasteiger partial charge in [0, 0.05) is 58.9 Å². The van der Waals surface area contributed by atoms with Crippen molar-refractivity contribution in [1.29, 1.82) is 0 Å². The van der Waals surface area contributed by atoms with E-state index >= 15 is 0 Å². The highest BCUT2D eigenvalue weighted by molar-refractivity contribution is 7.26. The fraction of sp³-hybridized carbons (Fsp3) is 0.0182. The summed E-state index contributed by atoms with van der Waals surface area (Å²) in [7, 11) is 0. The standard InChI is InChI=1S/C55H33NOS/c1-2-14-35(15-3-1)56-48-25-9-6-16-36(48)42-22-13-23-43(54(42)56)41-21-12-24-44-52(39-19-4-5-20-40(39)53(41)44)34-31-45(55-47(32-34)38-18-8-11-27-51(38)58-55)33-28-29-50-46(30-33)37-17-7-10-26-49(37)57-50/h1-32,52H/t52-/m1/s1. The molecule has 3 heteroatoms. The van der Waals surface area contributed by atoms with Gasteiger partial charge in [-0.2, -0.15) is 0 Å². The molecule has 3 aromatic heterocycles. The average Bonchev–Trinajstić information content (AvgIpc) is 4.04. The van der Waals surface area contributed by atoms with Gasteiger partial charge in [-0.15, -0.1) is 11.3 Å². The molecule has 0 spiro atoms. The first-order valence-electron chi connectivity index (χ1n) is 20.0. The third kappa shape index (κ3) is 4.48. The number of hydrogen-bond acceptors (Lipinski definition) is 2. The third-order valence-corrected chi connectivity index (χ3v) is 13.7. The van der Waals surface area contributed by atoms with Crippen molar-refractivity contribution >= 4 is 75.3 Å². The molecule has 0 aliphatic heterocycles. The van der Waals surface area contributed by atoms with Crippen molar-refractivity contribution in [3.05, 3.63) is 211 Å². The minimum atomic E-state index is 0.0608. The second kappa shape index (κ2) is 12.1. The van der Waals surface area contributed by atoms with Gasteiger partial charge < -0.3 is 8.98 Å². The summed E-state index contributed by atoms with van der Waals surface area (Å²) in [5.74, 6) is 0.0608. The molecule has 13 rings (SSSR count). The first kappa shape index (κ1) is 31.9. The molecular formula is C55H33NOS. The van der Waals surface area contributed by atoms with E-state index in [1.165, 1.54) is 92.0 Å². The van der Waals surface area contributed by atoms with E-state index in [0.717, 1.165) is 27.6 Å². The molecule has 9 aromatic carbocycles. The van der Waals surface area contributed by atoms with Crippen LogP contribution in [-0.4, -0.2) is 4.57 Å². The highest BCUT2D eigenvalue weighted by atomic mass is 32.1. The first-order valence-corrected chi connectivity index (χ1v) is 20.8. The van der Waals surface area contributed by atoms with Gasteiger partial charge in [-0.1, -0.05) is 140 Å². The SMILES string of the molecule is c1ccc(-n2c3ccccc3c3cccc(-c4cccc5c4-c4ccccc4[C@H]5c4cc(-c5ccc6oc7ccccc7c6c5)c5sc6ccccc6c5c4)c32)cc1. The van der Waals surface area contributed by atoms with Gasteiger partial charge in [-0.3, -0.25) is 0 Å². The molecule has 1 aliphatic rings. The van der Waals surface area contributed by atoms with E-state index in [-0.39, 0.29) is 5.92 Å². The van der Waals surface area contributed by atoms with Gasteiger partial charge in [0.1, 0.15) is 11.2 Å². The van der Waals surface area contributed by atoms with Crippen molar-refractivity contribution in [3.63, 3.8) is 0 Å². The molecule has 0 unspecified atom stereocenters. The molecule has 0 N–H and O–H groups in total. The average molecular weight is 756 g/mol. The Bertz CT molecular complexity index is 3640. The molecular weight excluding hydrogens is 723 g/mol. The first-order chi connectivity index (χ1) is 28.8. The molecule has 0 fully saturated rings. The van der Waals surface area contributed by atoms with E-state index in [9.17, 15) is 0 Å². The number of hydrogen-bond donors (Lipinski definition) is 0. The molecule has 12 aromatic rings. The van der Waals surface area contributed by atoms with E-state index in [1.807, 2.05) is 17.4 Å². The number of rotatable bonds is 4. The number of fused-ring (bicyclic) bond motifs is 12. The summed E-state index contributed by atoms with van der Waals surface area (Å²) >= 11 is 1.89. The zero-order valence-corrected chi connectivity index (χ0v) is 32.1. The lowest BCUT2D eigenvalue weighted by Gasteiger charge is -2.18. The highest BCUT2D eigenvalue weighted by Gasteiger charge is 2.33. The molecule has 270 valence electrons. The van der Waals surface area contributed by atoms with Gasteiger partial charge in [0.15, 0.2) is 0 Å². The van der Waals surface area contributed by atoms with Gasteiger partial charge >= 0.3 is 0 Å². The van der Waals surface area contributed by atoms with Gasteiger partial charge in [-0.25, -0.2) is 0 Å². The Labute approximate surface area is 338 Å². The van der Waals surface area contributed by atoms with Crippen molar-refractivity contribution in [2.24, 2.45) is 0 Å². The molecule has 2 nitrogen and oxygen atoms in total. The minimum absolute atomic E-state index is 0.0608. The number of aromatic nitrogens is 1. The Hall–Kier alpha value is -7.20. The molecule has 1 atom stereocenters. The van der Waals surface area contributed by atoms with Crippen LogP contribution in [0.2, 0.25) is 0 Å². The van der Waals surface area contributed by atoms with Crippen molar-refractivity contribution in [1.82, 2.24) is 4.57 Å². The van der Waals surface area contributed by atoms with Gasteiger partial charge in [0.05, 0.1) is 11.0 Å². The monoisotopic (exact) mass is 755 g/mol. The summed E-state index contributed by atoms with van der Waals surface area (Å²) in [6.07, 6.45) is 0. The predicted molar refractivity (Wildman–Crippen MR) is 245 cm³/mol. The zero-order valence-electron chi connectivity index (χ0n) is 31.3. The smallest absolute Gasteiger partial charge is 0.135 e. The summed E-state index contributed by atoms with van der Waals surface area (Å²) < 4.78 is 11.4. The molecule has 0 saturated heterocycles. The van der Waals surface area contributed by atoms with Gasteiger partial charge in [-0.05, 0) is 99.1 Å². The Morgan fingerprint density at radius 1 is 0.431 bits per heavy atom. The fourth-order valence-corrected chi connectivity index (χ4v) is 11.3. The summed E-state index contributed by atoms with van der Waals surface area (Å²) in [6, 6.07) is 71.5. The van der Waals surface area contributed by atoms with Crippen LogP contribution in [0.5, 0.6) is 0 Å². The summed E-state index contributed by atoms with van der Waals surface area (Å²) in [6.45, 7) is 0.